The summed E-state index contributed by atoms with van der Waals surface area (Å²) < 4.78 is 0. The summed E-state index contributed by atoms with van der Waals surface area (Å²) in [6, 6.07) is 4.70. The van der Waals surface area contributed by atoms with Gasteiger partial charge in [0, 0.05) is 6.07 Å². The van der Waals surface area contributed by atoms with E-state index in [1.165, 1.54) is 13.0 Å². The van der Waals surface area contributed by atoms with Gasteiger partial charge in [-0.15, -0.1) is 0 Å². The van der Waals surface area contributed by atoms with Gasteiger partial charge in [-0.1, -0.05) is 11.6 Å². The lowest BCUT2D eigenvalue weighted by Crippen LogP contribution is -1.99. The number of aryl methyl sites for hydroxylation is 1. The molecular formula is C9H11NO3. The van der Waals surface area contributed by atoms with Crippen molar-refractivity contribution in [2.24, 2.45) is 0 Å². The average Bonchev–Trinajstić information content (AvgIpc) is 2.03. The van der Waals surface area contributed by atoms with Gasteiger partial charge in [0.15, 0.2) is 0 Å². The van der Waals surface area contributed by atoms with Crippen LogP contribution in [0.4, 0.5) is 5.69 Å². The first-order chi connectivity index (χ1) is 6.02. The lowest BCUT2D eigenvalue weighted by molar-refractivity contribution is -0.386. The zero-order valence-electron chi connectivity index (χ0n) is 7.52. The van der Waals surface area contributed by atoms with Crippen molar-refractivity contribution in [3.05, 3.63) is 39.4 Å². The van der Waals surface area contributed by atoms with Crippen molar-refractivity contribution in [3.8, 4) is 0 Å². The molecule has 1 rings (SSSR count). The lowest BCUT2D eigenvalue weighted by atomic mass is 10.1. The Morgan fingerprint density at radius 1 is 1.54 bits per heavy atom. The van der Waals surface area contributed by atoms with Crippen LogP contribution in [0, 0.1) is 17.0 Å². The Hall–Kier alpha value is -1.42. The van der Waals surface area contributed by atoms with Crippen molar-refractivity contribution >= 4 is 5.69 Å². The summed E-state index contributed by atoms with van der Waals surface area (Å²) >= 11 is 0. The zero-order chi connectivity index (χ0) is 10.0. The number of hydrogen-bond acceptors (Lipinski definition) is 3. The van der Waals surface area contributed by atoms with E-state index in [2.05, 4.69) is 0 Å². The molecule has 0 aliphatic carbocycles. The van der Waals surface area contributed by atoms with Gasteiger partial charge in [-0.05, 0) is 19.9 Å². The van der Waals surface area contributed by atoms with Gasteiger partial charge >= 0.3 is 0 Å². The molecule has 0 saturated carbocycles. The fourth-order valence-electron chi connectivity index (χ4n) is 1.17. The quantitative estimate of drug-likeness (QED) is 0.560. The summed E-state index contributed by atoms with van der Waals surface area (Å²) in [5.74, 6) is 0. The molecule has 0 aliphatic rings. The van der Waals surface area contributed by atoms with Gasteiger partial charge < -0.3 is 5.11 Å². The van der Waals surface area contributed by atoms with Crippen molar-refractivity contribution in [3.63, 3.8) is 0 Å². The summed E-state index contributed by atoms with van der Waals surface area (Å²) in [6.07, 6.45) is -0.805. The molecule has 4 nitrogen and oxygen atoms in total. The van der Waals surface area contributed by atoms with Crippen LogP contribution in [-0.4, -0.2) is 10.0 Å². The molecule has 0 amide bonds. The largest absolute Gasteiger partial charge is 0.388 e. The van der Waals surface area contributed by atoms with E-state index in [0.29, 0.717) is 5.56 Å². The fourth-order valence-corrected chi connectivity index (χ4v) is 1.17. The van der Waals surface area contributed by atoms with Crippen LogP contribution in [-0.2, 0) is 0 Å². The minimum atomic E-state index is -0.805. The molecule has 0 bridgehead atoms. The van der Waals surface area contributed by atoms with Crippen molar-refractivity contribution in [1.29, 1.82) is 0 Å². The molecule has 4 heteroatoms. The predicted octanol–water partition coefficient (Wildman–Crippen LogP) is 1.96. The molecule has 0 fully saturated rings. The van der Waals surface area contributed by atoms with Crippen molar-refractivity contribution in [2.45, 2.75) is 20.0 Å². The monoisotopic (exact) mass is 181 g/mol. The molecule has 1 aromatic carbocycles. The molecule has 0 saturated heterocycles. The Morgan fingerprint density at radius 2 is 2.15 bits per heavy atom. The van der Waals surface area contributed by atoms with E-state index in [-0.39, 0.29) is 5.69 Å². The normalized spacial score (nSPS) is 12.5. The van der Waals surface area contributed by atoms with Gasteiger partial charge in [0.05, 0.1) is 16.6 Å². The number of aliphatic hydroxyl groups is 1. The highest BCUT2D eigenvalue weighted by Crippen LogP contribution is 2.25. The Kier molecular flexibility index (Phi) is 2.63. The third-order valence-electron chi connectivity index (χ3n) is 1.83. The van der Waals surface area contributed by atoms with Crippen LogP contribution >= 0.6 is 0 Å². The van der Waals surface area contributed by atoms with Gasteiger partial charge in [-0.25, -0.2) is 0 Å². The highest BCUT2D eigenvalue weighted by atomic mass is 16.6. The maximum absolute atomic E-state index is 10.5. The zero-order valence-corrected chi connectivity index (χ0v) is 7.52. The lowest BCUT2D eigenvalue weighted by Gasteiger charge is -2.05. The van der Waals surface area contributed by atoms with E-state index in [1.807, 2.05) is 6.92 Å². The van der Waals surface area contributed by atoms with Gasteiger partial charge in [0.1, 0.15) is 0 Å². The Balaban J connectivity index is 3.26. The maximum atomic E-state index is 10.5. The molecule has 0 radical (unpaired) electrons. The summed E-state index contributed by atoms with van der Waals surface area (Å²) in [5, 5.41) is 19.8. The second-order valence-corrected chi connectivity index (χ2v) is 3.00. The topological polar surface area (TPSA) is 63.4 Å². The van der Waals surface area contributed by atoms with E-state index in [1.54, 1.807) is 12.1 Å². The molecule has 0 aromatic heterocycles. The van der Waals surface area contributed by atoms with E-state index in [9.17, 15) is 15.2 Å². The molecule has 70 valence electrons. The number of aliphatic hydroxyl groups excluding tert-OH is 1. The van der Waals surface area contributed by atoms with Crippen molar-refractivity contribution < 1.29 is 10.0 Å². The van der Waals surface area contributed by atoms with Crippen LogP contribution in [0.15, 0.2) is 18.2 Å². The molecule has 0 spiro atoms. The first kappa shape index (κ1) is 9.67. The Labute approximate surface area is 76.0 Å². The molecule has 0 aliphatic heterocycles. The van der Waals surface area contributed by atoms with Gasteiger partial charge in [-0.2, -0.15) is 0 Å². The van der Waals surface area contributed by atoms with E-state index in [4.69, 9.17) is 0 Å². The molecular weight excluding hydrogens is 170 g/mol. The Bertz CT molecular complexity index is 334. The third kappa shape index (κ3) is 2.03. The SMILES string of the molecule is Cc1ccc([N+](=O)[O-])c([C@@H](C)O)c1. The molecule has 0 unspecified atom stereocenters. The average molecular weight is 181 g/mol. The van der Waals surface area contributed by atoms with Crippen molar-refractivity contribution in [1.82, 2.24) is 0 Å². The highest BCUT2D eigenvalue weighted by molar-refractivity contribution is 5.43. The summed E-state index contributed by atoms with van der Waals surface area (Å²) in [4.78, 5) is 10.0. The summed E-state index contributed by atoms with van der Waals surface area (Å²) in [7, 11) is 0. The van der Waals surface area contributed by atoms with Gasteiger partial charge in [0.25, 0.3) is 5.69 Å². The number of rotatable bonds is 2. The smallest absolute Gasteiger partial charge is 0.275 e. The van der Waals surface area contributed by atoms with Gasteiger partial charge in [0.2, 0.25) is 0 Å². The van der Waals surface area contributed by atoms with Crippen molar-refractivity contribution in [2.75, 3.05) is 0 Å². The van der Waals surface area contributed by atoms with E-state index >= 15 is 0 Å². The highest BCUT2D eigenvalue weighted by Gasteiger charge is 2.16. The second kappa shape index (κ2) is 3.53. The summed E-state index contributed by atoms with van der Waals surface area (Å²) in [5.41, 5.74) is 1.24. The first-order valence-corrected chi connectivity index (χ1v) is 3.95. The van der Waals surface area contributed by atoms with E-state index < -0.39 is 11.0 Å². The van der Waals surface area contributed by atoms with Crippen LogP contribution in [0.1, 0.15) is 24.2 Å². The molecule has 13 heavy (non-hydrogen) atoms. The number of benzene rings is 1. The molecule has 1 atom stereocenters. The minimum absolute atomic E-state index is 0.0272. The van der Waals surface area contributed by atoms with Crippen LogP contribution < -0.4 is 0 Å². The van der Waals surface area contributed by atoms with E-state index in [0.717, 1.165) is 5.56 Å². The first-order valence-electron chi connectivity index (χ1n) is 3.95. The number of nitro groups is 1. The molecule has 1 aromatic rings. The molecule has 1 N–H and O–H groups in total. The van der Waals surface area contributed by atoms with Crippen LogP contribution in [0.5, 0.6) is 0 Å². The second-order valence-electron chi connectivity index (χ2n) is 3.00. The fraction of sp³-hybridized carbons (Fsp3) is 0.333. The third-order valence-corrected chi connectivity index (χ3v) is 1.83. The number of hydrogen-bond donors (Lipinski definition) is 1. The van der Waals surface area contributed by atoms with Crippen LogP contribution in [0.2, 0.25) is 0 Å². The predicted molar refractivity (Wildman–Crippen MR) is 48.5 cm³/mol. The summed E-state index contributed by atoms with van der Waals surface area (Å²) in [6.45, 7) is 3.34. The Morgan fingerprint density at radius 3 is 2.62 bits per heavy atom. The van der Waals surface area contributed by atoms with Crippen LogP contribution in [0.3, 0.4) is 0 Å². The van der Waals surface area contributed by atoms with Gasteiger partial charge in [-0.3, -0.25) is 10.1 Å². The minimum Gasteiger partial charge on any atom is -0.388 e. The van der Waals surface area contributed by atoms with Crippen LogP contribution in [0.25, 0.3) is 0 Å². The number of nitro benzene ring substituents is 1. The molecule has 0 heterocycles. The maximum Gasteiger partial charge on any atom is 0.275 e. The standard InChI is InChI=1S/C9H11NO3/c1-6-3-4-9(10(12)13)8(5-6)7(2)11/h3-5,7,11H,1-2H3/t7-/m1/s1. The number of nitrogens with zero attached hydrogens (tertiary/aromatic N) is 1.